The molecule has 3 amide bonds. The first-order valence-corrected chi connectivity index (χ1v) is 13.1. The molecule has 10 heteroatoms. The first-order valence-electron chi connectivity index (χ1n) is 11.5. The molecule has 0 aliphatic heterocycles. The molecule has 0 aliphatic carbocycles. The number of hydrogen-bond donors (Lipinski definition) is 3. The Labute approximate surface area is 232 Å². The smallest absolute Gasteiger partial charge is 0.321 e. The van der Waals surface area contributed by atoms with E-state index in [1.54, 1.807) is 54.6 Å². The number of aromatic nitrogens is 1. The lowest BCUT2D eigenvalue weighted by molar-refractivity contribution is -0.133. The predicted octanol–water partition coefficient (Wildman–Crippen LogP) is 7.01. The van der Waals surface area contributed by atoms with Gasteiger partial charge in [-0.25, -0.2) is 4.68 Å². The topological polar surface area (TPSA) is 92.2 Å². The van der Waals surface area contributed by atoms with Crippen LogP contribution in [0.1, 0.15) is 35.8 Å². The fourth-order valence-electron chi connectivity index (χ4n) is 3.77. The Kier molecular flexibility index (Phi) is 8.53. The van der Waals surface area contributed by atoms with E-state index in [-0.39, 0.29) is 5.69 Å². The van der Waals surface area contributed by atoms with Crippen LogP contribution in [0.2, 0.25) is 10.0 Å². The number of fused-ring (bicyclic) bond motifs is 1. The minimum atomic E-state index is -0.935. The molecule has 0 bridgehead atoms. The van der Waals surface area contributed by atoms with Gasteiger partial charge in [0.25, 0.3) is 5.91 Å². The summed E-state index contributed by atoms with van der Waals surface area (Å²) in [6, 6.07) is 18.9. The number of aryl methyl sites for hydroxylation is 1. The van der Waals surface area contributed by atoms with Crippen LogP contribution in [-0.2, 0) is 16.0 Å². The number of benzene rings is 3. The van der Waals surface area contributed by atoms with E-state index in [1.165, 1.54) is 4.68 Å². The summed E-state index contributed by atoms with van der Waals surface area (Å²) in [5.74, 6) is -2.34. The number of hydrogen-bond acceptors (Lipinski definition) is 3. The second-order valence-electron chi connectivity index (χ2n) is 8.38. The van der Waals surface area contributed by atoms with Gasteiger partial charge in [0, 0.05) is 31.3 Å². The first kappa shape index (κ1) is 26.7. The maximum atomic E-state index is 13.2. The van der Waals surface area contributed by atoms with Crippen molar-refractivity contribution in [3.8, 4) is 0 Å². The second-order valence-corrected chi connectivity index (χ2v) is 10.2. The van der Waals surface area contributed by atoms with Gasteiger partial charge in [0.1, 0.15) is 5.69 Å². The molecular weight excluding hydrogens is 579 g/mol. The number of unbranched alkanes of at least 4 members (excludes halogenated alkanes) is 1. The van der Waals surface area contributed by atoms with Crippen molar-refractivity contribution in [2.24, 2.45) is 0 Å². The number of carbonyl (C=O) groups excluding carboxylic acids is 3. The van der Waals surface area contributed by atoms with Gasteiger partial charge in [-0.2, -0.15) is 0 Å². The number of nitrogens with one attached hydrogen (secondary N) is 3. The Hall–Kier alpha value is -3.33. The Morgan fingerprint density at radius 2 is 1.54 bits per heavy atom. The maximum Gasteiger partial charge on any atom is 0.328 e. The van der Waals surface area contributed by atoms with Crippen LogP contribution in [0.5, 0.6) is 0 Å². The summed E-state index contributed by atoms with van der Waals surface area (Å²) in [5, 5.41) is 6.71. The Bertz CT molecular complexity index is 1470. The molecule has 0 unspecified atom stereocenters. The standard InChI is InChI=1S/C27H23BrCl2N4O3/c1-2-3-4-16-5-8-21(9-6-16)31-26(36)27(37)33-34-23-10-7-18(28)11-17(23)12-24(34)25(35)32-22-14-19(29)13-20(30)15-22/h5-15H,2-4H2,1H3,(H,31,36)(H,32,35)(H,33,37). The van der Waals surface area contributed by atoms with Crippen LogP contribution in [-0.4, -0.2) is 22.4 Å². The number of halogens is 3. The number of nitrogens with zero attached hydrogens (tertiary/aromatic N) is 1. The monoisotopic (exact) mass is 600 g/mol. The summed E-state index contributed by atoms with van der Waals surface area (Å²) in [5.41, 5.74) is 5.21. The molecule has 1 aromatic heterocycles. The molecule has 190 valence electrons. The highest BCUT2D eigenvalue weighted by Gasteiger charge is 2.21. The molecule has 3 aromatic carbocycles. The first-order chi connectivity index (χ1) is 17.7. The highest BCUT2D eigenvalue weighted by atomic mass is 79.9. The van der Waals surface area contributed by atoms with Gasteiger partial charge < -0.3 is 10.6 Å². The van der Waals surface area contributed by atoms with Crippen molar-refractivity contribution in [2.45, 2.75) is 26.2 Å². The zero-order valence-corrected chi connectivity index (χ0v) is 22.9. The van der Waals surface area contributed by atoms with Gasteiger partial charge in [-0.05, 0) is 73.0 Å². The van der Waals surface area contributed by atoms with E-state index in [1.807, 2.05) is 12.1 Å². The zero-order chi connectivity index (χ0) is 26.5. The summed E-state index contributed by atoms with van der Waals surface area (Å²) < 4.78 is 2.07. The van der Waals surface area contributed by atoms with Crippen LogP contribution in [0.25, 0.3) is 10.9 Å². The van der Waals surface area contributed by atoms with Crippen molar-refractivity contribution < 1.29 is 14.4 Å². The van der Waals surface area contributed by atoms with Gasteiger partial charge >= 0.3 is 11.8 Å². The predicted molar refractivity (Wildman–Crippen MR) is 152 cm³/mol. The van der Waals surface area contributed by atoms with Crippen molar-refractivity contribution >= 4 is 79.1 Å². The Morgan fingerprint density at radius 1 is 0.838 bits per heavy atom. The average molecular weight is 602 g/mol. The van der Waals surface area contributed by atoms with E-state index in [0.717, 1.165) is 29.3 Å². The third kappa shape index (κ3) is 6.71. The molecule has 0 spiro atoms. The molecule has 0 saturated heterocycles. The minimum Gasteiger partial charge on any atom is -0.321 e. The van der Waals surface area contributed by atoms with Crippen LogP contribution in [0.3, 0.4) is 0 Å². The molecule has 3 N–H and O–H groups in total. The third-order valence-corrected chi connectivity index (χ3v) is 6.50. The van der Waals surface area contributed by atoms with E-state index >= 15 is 0 Å². The quantitative estimate of drug-likeness (QED) is 0.199. The van der Waals surface area contributed by atoms with E-state index < -0.39 is 17.7 Å². The fraction of sp³-hybridized carbons (Fsp3) is 0.148. The maximum absolute atomic E-state index is 13.2. The zero-order valence-electron chi connectivity index (χ0n) is 19.8. The summed E-state index contributed by atoms with van der Waals surface area (Å²) in [6.45, 7) is 2.13. The minimum absolute atomic E-state index is 0.102. The number of carbonyl (C=O) groups is 3. The van der Waals surface area contributed by atoms with E-state index in [0.29, 0.717) is 32.3 Å². The highest BCUT2D eigenvalue weighted by molar-refractivity contribution is 9.10. The lowest BCUT2D eigenvalue weighted by Crippen LogP contribution is -2.36. The van der Waals surface area contributed by atoms with Crippen molar-refractivity contribution in [3.05, 3.63) is 92.5 Å². The molecular formula is C27H23BrCl2N4O3. The number of rotatable bonds is 7. The fourth-order valence-corrected chi connectivity index (χ4v) is 4.68. The van der Waals surface area contributed by atoms with Crippen LogP contribution < -0.4 is 16.1 Å². The largest absolute Gasteiger partial charge is 0.328 e. The van der Waals surface area contributed by atoms with E-state index in [2.05, 4.69) is 38.9 Å². The average Bonchev–Trinajstić information content (AvgIpc) is 3.20. The van der Waals surface area contributed by atoms with Crippen LogP contribution in [0.15, 0.2) is 71.2 Å². The molecule has 0 saturated carbocycles. The van der Waals surface area contributed by atoms with Crippen molar-refractivity contribution in [2.75, 3.05) is 16.1 Å². The highest BCUT2D eigenvalue weighted by Crippen LogP contribution is 2.26. The molecule has 0 atom stereocenters. The van der Waals surface area contributed by atoms with Gasteiger partial charge in [-0.1, -0.05) is 64.6 Å². The summed E-state index contributed by atoms with van der Waals surface area (Å²) >= 11 is 15.5. The van der Waals surface area contributed by atoms with Gasteiger partial charge in [-0.3, -0.25) is 19.8 Å². The summed E-state index contributed by atoms with van der Waals surface area (Å²) in [7, 11) is 0. The molecule has 7 nitrogen and oxygen atoms in total. The SMILES string of the molecule is CCCCc1ccc(NC(=O)C(=O)Nn2c(C(=O)Nc3cc(Cl)cc(Cl)c3)cc3cc(Br)ccc32)cc1. The van der Waals surface area contributed by atoms with Gasteiger partial charge in [0.15, 0.2) is 0 Å². The van der Waals surface area contributed by atoms with Gasteiger partial charge in [-0.15, -0.1) is 0 Å². The van der Waals surface area contributed by atoms with Crippen molar-refractivity contribution in [3.63, 3.8) is 0 Å². The second kappa shape index (κ2) is 11.8. The normalized spacial score (nSPS) is 10.8. The molecule has 4 aromatic rings. The summed E-state index contributed by atoms with van der Waals surface area (Å²) in [6.07, 6.45) is 3.13. The lowest BCUT2D eigenvalue weighted by Gasteiger charge is -2.13. The molecule has 1 heterocycles. The van der Waals surface area contributed by atoms with Crippen LogP contribution >= 0.6 is 39.1 Å². The van der Waals surface area contributed by atoms with Gasteiger partial charge in [0.2, 0.25) is 0 Å². The van der Waals surface area contributed by atoms with E-state index in [4.69, 9.17) is 23.2 Å². The summed E-state index contributed by atoms with van der Waals surface area (Å²) in [4.78, 5) is 38.7. The Balaban J connectivity index is 1.56. The van der Waals surface area contributed by atoms with Crippen molar-refractivity contribution in [1.82, 2.24) is 4.68 Å². The molecule has 37 heavy (non-hydrogen) atoms. The molecule has 0 fully saturated rings. The number of anilines is 2. The van der Waals surface area contributed by atoms with Crippen LogP contribution in [0.4, 0.5) is 11.4 Å². The Morgan fingerprint density at radius 3 is 2.22 bits per heavy atom. The van der Waals surface area contributed by atoms with Gasteiger partial charge in [0.05, 0.1) is 5.52 Å². The molecule has 4 rings (SSSR count). The third-order valence-electron chi connectivity index (χ3n) is 5.57. The molecule has 0 aliphatic rings. The lowest BCUT2D eigenvalue weighted by atomic mass is 10.1. The molecule has 0 radical (unpaired) electrons. The number of amides is 3. The van der Waals surface area contributed by atoms with Crippen molar-refractivity contribution in [1.29, 1.82) is 0 Å². The van der Waals surface area contributed by atoms with E-state index in [9.17, 15) is 14.4 Å². The van der Waals surface area contributed by atoms with Crippen LogP contribution in [0, 0.1) is 0 Å².